The molecule has 16 heavy (non-hydrogen) atoms. The molecule has 0 saturated carbocycles. The molecule has 4 nitrogen and oxygen atoms in total. The minimum absolute atomic E-state index is 0.144. The van der Waals surface area contributed by atoms with Crippen molar-refractivity contribution in [2.75, 3.05) is 14.2 Å². The summed E-state index contributed by atoms with van der Waals surface area (Å²) in [4.78, 5) is 0. The standard InChI is InChI=1S/C12H17NO3/c1-8-6-9-4-5-11(15-2)12(16-3)10(9)7-13(8)14/h4-5,8,14H,6-7H2,1-3H3. The highest BCUT2D eigenvalue weighted by Crippen LogP contribution is 2.37. The van der Waals surface area contributed by atoms with Crippen molar-refractivity contribution in [3.05, 3.63) is 23.3 Å². The fourth-order valence-corrected chi connectivity index (χ4v) is 2.14. The Bertz CT molecular complexity index is 392. The Kier molecular flexibility index (Phi) is 3.03. The lowest BCUT2D eigenvalue weighted by molar-refractivity contribution is -0.135. The lowest BCUT2D eigenvalue weighted by Crippen LogP contribution is -2.35. The average molecular weight is 223 g/mol. The summed E-state index contributed by atoms with van der Waals surface area (Å²) in [5, 5.41) is 11.1. The molecule has 4 heteroatoms. The molecular formula is C12H17NO3. The van der Waals surface area contributed by atoms with Gasteiger partial charge in [-0.25, -0.2) is 0 Å². The minimum atomic E-state index is 0.144. The van der Waals surface area contributed by atoms with Crippen LogP contribution in [0.1, 0.15) is 18.1 Å². The van der Waals surface area contributed by atoms with Gasteiger partial charge in [0, 0.05) is 11.6 Å². The van der Waals surface area contributed by atoms with Crippen LogP contribution in [0, 0.1) is 0 Å². The van der Waals surface area contributed by atoms with Gasteiger partial charge in [0.2, 0.25) is 0 Å². The second-order valence-corrected chi connectivity index (χ2v) is 4.09. The normalized spacial score (nSPS) is 20.4. The smallest absolute Gasteiger partial charge is 0.165 e. The molecule has 1 unspecified atom stereocenters. The van der Waals surface area contributed by atoms with Gasteiger partial charge in [0.05, 0.1) is 20.8 Å². The Hall–Kier alpha value is -1.26. The molecule has 2 rings (SSSR count). The first-order valence-corrected chi connectivity index (χ1v) is 5.35. The van der Waals surface area contributed by atoms with E-state index in [1.807, 2.05) is 19.1 Å². The summed E-state index contributed by atoms with van der Waals surface area (Å²) >= 11 is 0. The van der Waals surface area contributed by atoms with Crippen molar-refractivity contribution < 1.29 is 14.7 Å². The second kappa shape index (κ2) is 4.31. The van der Waals surface area contributed by atoms with Crippen molar-refractivity contribution in [2.45, 2.75) is 25.9 Å². The van der Waals surface area contributed by atoms with E-state index in [-0.39, 0.29) is 6.04 Å². The van der Waals surface area contributed by atoms with Gasteiger partial charge in [-0.15, -0.1) is 0 Å². The van der Waals surface area contributed by atoms with Crippen LogP contribution in [-0.4, -0.2) is 30.5 Å². The molecule has 1 aliphatic rings. The van der Waals surface area contributed by atoms with Gasteiger partial charge in [0.15, 0.2) is 11.5 Å². The molecular weight excluding hydrogens is 206 g/mol. The maximum atomic E-state index is 9.74. The summed E-state index contributed by atoms with van der Waals surface area (Å²) in [5.74, 6) is 1.44. The number of benzene rings is 1. The lowest BCUT2D eigenvalue weighted by atomic mass is 9.95. The van der Waals surface area contributed by atoms with Crippen LogP contribution in [0.3, 0.4) is 0 Å². The average Bonchev–Trinajstić information content (AvgIpc) is 2.29. The Balaban J connectivity index is 2.47. The van der Waals surface area contributed by atoms with Gasteiger partial charge in [0.25, 0.3) is 0 Å². The zero-order valence-corrected chi connectivity index (χ0v) is 9.86. The summed E-state index contributed by atoms with van der Waals surface area (Å²) in [5.41, 5.74) is 2.23. The molecule has 0 aliphatic carbocycles. The molecule has 0 amide bonds. The molecule has 1 atom stereocenters. The van der Waals surface area contributed by atoms with E-state index in [2.05, 4.69) is 0 Å². The van der Waals surface area contributed by atoms with Crippen molar-refractivity contribution in [1.82, 2.24) is 5.06 Å². The van der Waals surface area contributed by atoms with Crippen molar-refractivity contribution >= 4 is 0 Å². The zero-order valence-electron chi connectivity index (χ0n) is 9.86. The maximum absolute atomic E-state index is 9.74. The molecule has 0 spiro atoms. The van der Waals surface area contributed by atoms with Crippen molar-refractivity contribution in [3.63, 3.8) is 0 Å². The number of hydroxylamine groups is 2. The van der Waals surface area contributed by atoms with Gasteiger partial charge in [-0.2, -0.15) is 5.06 Å². The number of rotatable bonds is 2. The highest BCUT2D eigenvalue weighted by molar-refractivity contribution is 5.51. The van der Waals surface area contributed by atoms with Gasteiger partial charge in [0.1, 0.15) is 0 Å². The predicted molar refractivity (Wildman–Crippen MR) is 60.0 cm³/mol. The maximum Gasteiger partial charge on any atom is 0.165 e. The van der Waals surface area contributed by atoms with Crippen molar-refractivity contribution in [3.8, 4) is 11.5 Å². The fraction of sp³-hybridized carbons (Fsp3) is 0.500. The number of ether oxygens (including phenoxy) is 2. The number of methoxy groups -OCH3 is 2. The van der Waals surface area contributed by atoms with Gasteiger partial charge in [-0.3, -0.25) is 0 Å². The van der Waals surface area contributed by atoms with E-state index in [1.54, 1.807) is 14.2 Å². The molecule has 1 aromatic rings. The number of hydrogen-bond donors (Lipinski definition) is 1. The Morgan fingerprint density at radius 1 is 1.31 bits per heavy atom. The third-order valence-electron chi connectivity index (χ3n) is 3.09. The summed E-state index contributed by atoms with van der Waals surface area (Å²) in [6.45, 7) is 2.48. The van der Waals surface area contributed by atoms with E-state index in [0.29, 0.717) is 12.3 Å². The highest BCUT2D eigenvalue weighted by atomic mass is 16.5. The highest BCUT2D eigenvalue weighted by Gasteiger charge is 2.25. The van der Waals surface area contributed by atoms with Crippen LogP contribution in [0.5, 0.6) is 11.5 Å². The summed E-state index contributed by atoms with van der Waals surface area (Å²) < 4.78 is 10.6. The molecule has 1 aromatic carbocycles. The third-order valence-corrected chi connectivity index (χ3v) is 3.09. The van der Waals surface area contributed by atoms with Gasteiger partial charge in [-0.1, -0.05) is 6.07 Å². The SMILES string of the molecule is COc1ccc2c(c1OC)CN(O)C(C)C2. The first kappa shape index (κ1) is 11.2. The van der Waals surface area contributed by atoms with E-state index < -0.39 is 0 Å². The van der Waals surface area contributed by atoms with Gasteiger partial charge >= 0.3 is 0 Å². The largest absolute Gasteiger partial charge is 0.493 e. The lowest BCUT2D eigenvalue weighted by Gasteiger charge is -2.31. The van der Waals surface area contributed by atoms with Crippen LogP contribution in [-0.2, 0) is 13.0 Å². The first-order valence-electron chi connectivity index (χ1n) is 5.35. The molecule has 88 valence electrons. The van der Waals surface area contributed by atoms with Gasteiger partial charge in [-0.05, 0) is 25.0 Å². The molecule has 1 heterocycles. The van der Waals surface area contributed by atoms with Crippen LogP contribution in [0.25, 0.3) is 0 Å². The first-order chi connectivity index (χ1) is 7.67. The van der Waals surface area contributed by atoms with Crippen LogP contribution in [0.2, 0.25) is 0 Å². The summed E-state index contributed by atoms with van der Waals surface area (Å²) in [6.07, 6.45) is 0.826. The molecule has 1 aliphatic heterocycles. The van der Waals surface area contributed by atoms with Crippen LogP contribution in [0.4, 0.5) is 0 Å². The Labute approximate surface area is 95.4 Å². The van der Waals surface area contributed by atoms with E-state index in [0.717, 1.165) is 17.7 Å². The summed E-state index contributed by atoms with van der Waals surface area (Å²) in [7, 11) is 3.24. The minimum Gasteiger partial charge on any atom is -0.493 e. The van der Waals surface area contributed by atoms with Gasteiger partial charge < -0.3 is 14.7 Å². The molecule has 0 bridgehead atoms. The molecule has 0 aromatic heterocycles. The van der Waals surface area contributed by atoms with E-state index in [9.17, 15) is 5.21 Å². The third kappa shape index (κ3) is 1.74. The Morgan fingerprint density at radius 2 is 2.06 bits per heavy atom. The quantitative estimate of drug-likeness (QED) is 0.830. The van der Waals surface area contributed by atoms with E-state index >= 15 is 0 Å². The van der Waals surface area contributed by atoms with E-state index in [1.165, 1.54) is 10.6 Å². The number of nitrogens with zero attached hydrogens (tertiary/aromatic N) is 1. The van der Waals surface area contributed by atoms with Crippen LogP contribution < -0.4 is 9.47 Å². The fourth-order valence-electron chi connectivity index (χ4n) is 2.14. The van der Waals surface area contributed by atoms with E-state index in [4.69, 9.17) is 9.47 Å². The summed E-state index contributed by atoms with van der Waals surface area (Å²) in [6, 6.07) is 4.10. The number of hydrogen-bond acceptors (Lipinski definition) is 4. The molecule has 0 radical (unpaired) electrons. The molecule has 0 fully saturated rings. The molecule has 0 saturated heterocycles. The van der Waals surface area contributed by atoms with Crippen molar-refractivity contribution in [2.24, 2.45) is 0 Å². The topological polar surface area (TPSA) is 41.9 Å². The zero-order chi connectivity index (χ0) is 11.7. The predicted octanol–water partition coefficient (Wildman–Crippen LogP) is 1.84. The monoisotopic (exact) mass is 223 g/mol. The number of fused-ring (bicyclic) bond motifs is 1. The van der Waals surface area contributed by atoms with Crippen LogP contribution >= 0.6 is 0 Å². The molecule has 1 N–H and O–H groups in total. The van der Waals surface area contributed by atoms with Crippen molar-refractivity contribution in [1.29, 1.82) is 0 Å². The Morgan fingerprint density at radius 3 is 2.69 bits per heavy atom. The van der Waals surface area contributed by atoms with Crippen LogP contribution in [0.15, 0.2) is 12.1 Å². The second-order valence-electron chi connectivity index (χ2n) is 4.09.